The quantitative estimate of drug-likeness (QED) is 0.792. The van der Waals surface area contributed by atoms with Crippen LogP contribution in [0, 0.1) is 16.6 Å². The Morgan fingerprint density at radius 1 is 1.10 bits per heavy atom. The minimum Gasteiger partial charge on any atom is -0.390 e. The van der Waals surface area contributed by atoms with E-state index in [0.29, 0.717) is 10.9 Å². The van der Waals surface area contributed by atoms with Gasteiger partial charge < -0.3 is 5.11 Å². The summed E-state index contributed by atoms with van der Waals surface area (Å²) in [4.78, 5) is 0. The highest BCUT2D eigenvalue weighted by Crippen LogP contribution is 2.51. The van der Waals surface area contributed by atoms with Gasteiger partial charge >= 0.3 is 0 Å². The topological polar surface area (TPSA) is 20.2 Å². The number of hydrogen-bond donors (Lipinski definition) is 1. The van der Waals surface area contributed by atoms with E-state index in [-0.39, 0.29) is 16.6 Å². The van der Waals surface area contributed by atoms with Crippen LogP contribution in [0.15, 0.2) is 22.7 Å². The molecular formula is C17H24BrFO. The minimum atomic E-state index is -0.706. The van der Waals surface area contributed by atoms with Crippen molar-refractivity contribution in [3.8, 4) is 0 Å². The lowest BCUT2D eigenvalue weighted by Gasteiger charge is -2.49. The summed E-state index contributed by atoms with van der Waals surface area (Å²) in [5.74, 6) is -0.259. The molecule has 0 bridgehead atoms. The maximum atomic E-state index is 13.3. The molecule has 0 spiro atoms. The van der Waals surface area contributed by atoms with Crippen molar-refractivity contribution in [3.63, 3.8) is 0 Å². The first-order valence-corrected chi connectivity index (χ1v) is 7.96. The maximum absolute atomic E-state index is 13.3. The van der Waals surface area contributed by atoms with Crippen molar-refractivity contribution in [2.75, 3.05) is 0 Å². The molecule has 3 heteroatoms. The molecule has 112 valence electrons. The van der Waals surface area contributed by atoms with Crippen molar-refractivity contribution < 1.29 is 9.50 Å². The van der Waals surface area contributed by atoms with Gasteiger partial charge in [-0.3, -0.25) is 0 Å². The second-order valence-electron chi connectivity index (χ2n) is 8.01. The molecule has 1 aromatic carbocycles. The summed E-state index contributed by atoms with van der Waals surface area (Å²) in [6, 6.07) is 5.01. The third-order valence-corrected chi connectivity index (χ3v) is 4.70. The van der Waals surface area contributed by atoms with Crippen molar-refractivity contribution >= 4 is 15.9 Å². The van der Waals surface area contributed by atoms with Crippen LogP contribution in [0.1, 0.15) is 52.5 Å². The van der Waals surface area contributed by atoms with Gasteiger partial charge in [-0.1, -0.05) is 33.8 Å². The number of halogens is 2. The van der Waals surface area contributed by atoms with Crippen molar-refractivity contribution in [3.05, 3.63) is 34.1 Å². The molecule has 1 aliphatic carbocycles. The first-order valence-electron chi connectivity index (χ1n) is 7.17. The van der Waals surface area contributed by atoms with Gasteiger partial charge in [0.25, 0.3) is 0 Å². The van der Waals surface area contributed by atoms with E-state index in [1.54, 1.807) is 12.1 Å². The predicted molar refractivity (Wildman–Crippen MR) is 84.2 cm³/mol. The molecule has 1 N–H and O–H groups in total. The highest BCUT2D eigenvalue weighted by Gasteiger charge is 2.46. The summed E-state index contributed by atoms with van der Waals surface area (Å²) >= 11 is 3.22. The van der Waals surface area contributed by atoms with Crippen LogP contribution in [0.3, 0.4) is 0 Å². The molecule has 0 aliphatic heterocycles. The van der Waals surface area contributed by atoms with E-state index in [9.17, 15) is 9.50 Å². The molecule has 0 heterocycles. The van der Waals surface area contributed by atoms with Gasteiger partial charge in [0.2, 0.25) is 0 Å². The molecule has 1 saturated carbocycles. The first kappa shape index (κ1) is 16.0. The normalized spacial score (nSPS) is 23.6. The summed E-state index contributed by atoms with van der Waals surface area (Å²) in [5, 5.41) is 11.0. The van der Waals surface area contributed by atoms with Gasteiger partial charge in [-0.05, 0) is 63.7 Å². The molecule has 20 heavy (non-hydrogen) atoms. The average molecular weight is 343 g/mol. The zero-order valence-electron chi connectivity index (χ0n) is 12.8. The summed E-state index contributed by atoms with van der Waals surface area (Å²) in [5.41, 5.74) is 0.540. The van der Waals surface area contributed by atoms with Gasteiger partial charge in [0, 0.05) is 6.42 Å². The molecular weight excluding hydrogens is 319 g/mol. The van der Waals surface area contributed by atoms with Crippen molar-refractivity contribution in [2.45, 2.75) is 59.0 Å². The molecule has 0 unspecified atom stereocenters. The Morgan fingerprint density at radius 2 is 1.65 bits per heavy atom. The Hall–Kier alpha value is -0.410. The molecule has 1 fully saturated rings. The summed E-state index contributed by atoms with van der Waals surface area (Å²) < 4.78 is 13.8. The fourth-order valence-corrected chi connectivity index (χ4v) is 4.85. The van der Waals surface area contributed by atoms with E-state index < -0.39 is 5.60 Å². The summed E-state index contributed by atoms with van der Waals surface area (Å²) in [7, 11) is 0. The van der Waals surface area contributed by atoms with Gasteiger partial charge in [-0.2, -0.15) is 0 Å². The van der Waals surface area contributed by atoms with Crippen molar-refractivity contribution in [2.24, 2.45) is 10.8 Å². The molecule has 1 nitrogen and oxygen atoms in total. The Bertz CT molecular complexity index is 492. The Balaban J connectivity index is 2.23. The molecule has 0 atom stereocenters. The van der Waals surface area contributed by atoms with Crippen LogP contribution in [0.25, 0.3) is 0 Å². The van der Waals surface area contributed by atoms with Crippen LogP contribution in [-0.2, 0) is 6.42 Å². The van der Waals surface area contributed by atoms with Crippen LogP contribution in [0.2, 0.25) is 0 Å². The van der Waals surface area contributed by atoms with Crippen LogP contribution < -0.4 is 0 Å². The van der Waals surface area contributed by atoms with E-state index in [1.165, 1.54) is 6.07 Å². The zero-order valence-corrected chi connectivity index (χ0v) is 14.3. The van der Waals surface area contributed by atoms with Crippen molar-refractivity contribution in [1.82, 2.24) is 0 Å². The third-order valence-electron chi connectivity index (χ3n) is 4.09. The second-order valence-corrected chi connectivity index (χ2v) is 8.86. The van der Waals surface area contributed by atoms with Crippen LogP contribution in [0.5, 0.6) is 0 Å². The summed E-state index contributed by atoms with van der Waals surface area (Å²) in [6.07, 6.45) is 3.28. The predicted octanol–water partition coefficient (Wildman–Crippen LogP) is 5.10. The van der Waals surface area contributed by atoms with E-state index in [4.69, 9.17) is 0 Å². The molecule has 0 saturated heterocycles. The van der Waals surface area contributed by atoms with Crippen LogP contribution >= 0.6 is 15.9 Å². The third kappa shape index (κ3) is 3.82. The van der Waals surface area contributed by atoms with E-state index >= 15 is 0 Å². The van der Waals surface area contributed by atoms with Gasteiger partial charge in [-0.25, -0.2) is 4.39 Å². The Kier molecular flexibility index (Phi) is 4.07. The lowest BCUT2D eigenvalue weighted by molar-refractivity contribution is -0.0851. The molecule has 1 aliphatic rings. The largest absolute Gasteiger partial charge is 0.390 e. The van der Waals surface area contributed by atoms with E-state index in [0.717, 1.165) is 24.8 Å². The van der Waals surface area contributed by atoms with Gasteiger partial charge in [0.05, 0.1) is 10.1 Å². The molecule has 0 aromatic heterocycles. The fraction of sp³-hybridized carbons (Fsp3) is 0.647. The molecule has 2 rings (SSSR count). The zero-order chi connectivity index (χ0) is 15.2. The average Bonchev–Trinajstić information content (AvgIpc) is 2.17. The Labute approximate surface area is 129 Å². The van der Waals surface area contributed by atoms with Crippen LogP contribution in [0.4, 0.5) is 4.39 Å². The number of benzene rings is 1. The van der Waals surface area contributed by atoms with Gasteiger partial charge in [-0.15, -0.1) is 0 Å². The monoisotopic (exact) mass is 342 g/mol. The highest BCUT2D eigenvalue weighted by molar-refractivity contribution is 9.10. The SMILES string of the molecule is CC1(C)CC(C)(C)CC(O)(Cc2ccc(F)c(Br)c2)C1. The first-order chi connectivity index (χ1) is 9.00. The van der Waals surface area contributed by atoms with Gasteiger partial charge in [0.15, 0.2) is 0 Å². The minimum absolute atomic E-state index is 0.133. The lowest BCUT2D eigenvalue weighted by Crippen LogP contribution is -2.47. The lowest BCUT2D eigenvalue weighted by atomic mass is 9.58. The Morgan fingerprint density at radius 3 is 2.15 bits per heavy atom. The molecule has 1 aromatic rings. The second kappa shape index (κ2) is 5.10. The molecule has 0 radical (unpaired) electrons. The number of aliphatic hydroxyl groups is 1. The van der Waals surface area contributed by atoms with E-state index in [2.05, 4.69) is 43.6 Å². The maximum Gasteiger partial charge on any atom is 0.137 e. The smallest absolute Gasteiger partial charge is 0.137 e. The summed E-state index contributed by atoms with van der Waals surface area (Å²) in [6.45, 7) is 8.89. The van der Waals surface area contributed by atoms with Crippen LogP contribution in [-0.4, -0.2) is 10.7 Å². The van der Waals surface area contributed by atoms with Gasteiger partial charge in [0.1, 0.15) is 5.82 Å². The fourth-order valence-electron chi connectivity index (χ4n) is 4.42. The standard InChI is InChI=1S/C17H24BrFO/c1-15(2)9-16(3,4)11-17(20,10-15)8-12-5-6-14(19)13(18)7-12/h5-7,20H,8-11H2,1-4H3. The van der Waals surface area contributed by atoms with Crippen molar-refractivity contribution in [1.29, 1.82) is 0 Å². The number of rotatable bonds is 2. The highest BCUT2D eigenvalue weighted by atomic mass is 79.9. The van der Waals surface area contributed by atoms with E-state index in [1.807, 2.05) is 0 Å². The number of hydrogen-bond acceptors (Lipinski definition) is 1. The molecule has 0 amide bonds.